The van der Waals surface area contributed by atoms with Crippen LogP contribution >= 0.6 is 27.5 Å². The van der Waals surface area contributed by atoms with Crippen molar-refractivity contribution in [3.05, 3.63) is 28.2 Å². The highest BCUT2D eigenvalue weighted by atomic mass is 79.9. The molecule has 0 unspecified atom stereocenters. The summed E-state index contributed by atoms with van der Waals surface area (Å²) in [6.45, 7) is 0. The van der Waals surface area contributed by atoms with E-state index in [0.29, 0.717) is 6.42 Å². The van der Waals surface area contributed by atoms with E-state index >= 15 is 0 Å². The highest BCUT2D eigenvalue weighted by molar-refractivity contribution is 9.10. The Balaban J connectivity index is 2.89. The number of halogens is 2. The number of carbonyl (C=O) groups is 1. The second kappa shape index (κ2) is 5.37. The van der Waals surface area contributed by atoms with Gasteiger partial charge in [-0.05, 0) is 23.8 Å². The maximum atomic E-state index is 11.1. The molecule has 0 heterocycles. The first-order valence-electron chi connectivity index (χ1n) is 4.07. The van der Waals surface area contributed by atoms with E-state index in [1.54, 1.807) is 7.11 Å². The lowest BCUT2D eigenvalue weighted by molar-refractivity contribution is -0.116. The molecule has 0 N–H and O–H groups in total. The molecule has 0 aromatic heterocycles. The summed E-state index contributed by atoms with van der Waals surface area (Å²) in [4.78, 5) is 11.1. The predicted molar refractivity (Wildman–Crippen MR) is 60.1 cm³/mol. The molecule has 0 aliphatic rings. The van der Waals surface area contributed by atoms with Gasteiger partial charge in [0.1, 0.15) is 5.75 Å². The van der Waals surface area contributed by atoms with Gasteiger partial charge in [0.25, 0.3) is 0 Å². The van der Waals surface area contributed by atoms with E-state index in [4.69, 9.17) is 16.3 Å². The van der Waals surface area contributed by atoms with Crippen molar-refractivity contribution in [2.24, 2.45) is 0 Å². The highest BCUT2D eigenvalue weighted by Gasteiger charge is 2.06. The van der Waals surface area contributed by atoms with Crippen molar-refractivity contribution in [1.29, 1.82) is 0 Å². The zero-order valence-electron chi connectivity index (χ0n) is 7.72. The van der Waals surface area contributed by atoms with Crippen LogP contribution in [-0.4, -0.2) is 18.8 Å². The second-order valence-corrected chi connectivity index (χ2v) is 3.93. The Hall–Kier alpha value is -0.540. The first-order chi connectivity index (χ1) is 6.67. The van der Waals surface area contributed by atoms with Gasteiger partial charge in [-0.15, -0.1) is 11.6 Å². The predicted octanol–water partition coefficient (Wildman–Crippen LogP) is 2.81. The summed E-state index contributed by atoms with van der Waals surface area (Å²) >= 11 is 8.80. The van der Waals surface area contributed by atoms with Crippen LogP contribution in [0.15, 0.2) is 22.7 Å². The smallest absolute Gasteiger partial charge is 0.151 e. The van der Waals surface area contributed by atoms with E-state index in [9.17, 15) is 4.79 Å². The van der Waals surface area contributed by atoms with Crippen LogP contribution in [0.25, 0.3) is 0 Å². The average Bonchev–Trinajstić information content (AvgIpc) is 2.21. The number of Topliss-reactive ketones (excluding diaryl/α,β-unsaturated/α-hetero) is 1. The maximum Gasteiger partial charge on any atom is 0.151 e. The number of alkyl halides is 1. The van der Waals surface area contributed by atoms with Crippen molar-refractivity contribution in [3.8, 4) is 5.75 Å². The fourth-order valence-corrected chi connectivity index (χ4v) is 1.55. The van der Waals surface area contributed by atoms with E-state index in [2.05, 4.69) is 15.9 Å². The summed E-state index contributed by atoms with van der Waals surface area (Å²) in [7, 11) is 1.59. The number of methoxy groups -OCH3 is 1. The summed E-state index contributed by atoms with van der Waals surface area (Å²) in [6, 6.07) is 5.52. The van der Waals surface area contributed by atoms with Gasteiger partial charge in [0.05, 0.1) is 13.0 Å². The van der Waals surface area contributed by atoms with Crippen molar-refractivity contribution in [1.82, 2.24) is 0 Å². The summed E-state index contributed by atoms with van der Waals surface area (Å²) < 4.78 is 5.96. The fraction of sp³-hybridized carbons (Fsp3) is 0.300. The SMILES string of the molecule is COc1ccc(Br)c(CC(=O)CCl)c1. The maximum absolute atomic E-state index is 11.1. The van der Waals surface area contributed by atoms with Gasteiger partial charge in [-0.25, -0.2) is 0 Å². The van der Waals surface area contributed by atoms with Gasteiger partial charge < -0.3 is 4.74 Å². The van der Waals surface area contributed by atoms with Crippen molar-refractivity contribution in [2.75, 3.05) is 13.0 Å². The van der Waals surface area contributed by atoms with Gasteiger partial charge in [0.2, 0.25) is 0 Å². The molecule has 0 amide bonds. The lowest BCUT2D eigenvalue weighted by Gasteiger charge is -2.05. The van der Waals surface area contributed by atoms with Crippen LogP contribution in [0.3, 0.4) is 0 Å². The Bertz CT molecular complexity index is 339. The Morgan fingerprint density at radius 1 is 1.57 bits per heavy atom. The summed E-state index contributed by atoms with van der Waals surface area (Å²) in [5, 5.41) is 0. The number of carbonyl (C=O) groups excluding carboxylic acids is 1. The average molecular weight is 278 g/mol. The quantitative estimate of drug-likeness (QED) is 0.791. The first kappa shape index (κ1) is 11.5. The van der Waals surface area contributed by atoms with Gasteiger partial charge in [-0.2, -0.15) is 0 Å². The van der Waals surface area contributed by atoms with Crippen molar-refractivity contribution in [3.63, 3.8) is 0 Å². The van der Waals surface area contributed by atoms with Gasteiger partial charge in [0.15, 0.2) is 5.78 Å². The van der Waals surface area contributed by atoms with E-state index in [1.165, 1.54) is 0 Å². The molecule has 0 saturated heterocycles. The molecule has 1 rings (SSSR count). The van der Waals surface area contributed by atoms with Crippen LogP contribution in [0, 0.1) is 0 Å². The molecule has 1 aromatic rings. The lowest BCUT2D eigenvalue weighted by Crippen LogP contribution is -2.04. The van der Waals surface area contributed by atoms with Gasteiger partial charge in [0, 0.05) is 10.9 Å². The van der Waals surface area contributed by atoms with Crippen molar-refractivity contribution < 1.29 is 9.53 Å². The number of rotatable bonds is 4. The third kappa shape index (κ3) is 3.00. The summed E-state index contributed by atoms with van der Waals surface area (Å²) in [5.41, 5.74) is 0.898. The first-order valence-corrected chi connectivity index (χ1v) is 5.40. The van der Waals surface area contributed by atoms with Crippen molar-refractivity contribution >= 4 is 33.3 Å². The van der Waals surface area contributed by atoms with Crippen LogP contribution in [0.2, 0.25) is 0 Å². The summed E-state index contributed by atoms with van der Waals surface area (Å²) in [5.74, 6) is 0.787. The minimum absolute atomic E-state index is 0.000574. The topological polar surface area (TPSA) is 26.3 Å². The minimum atomic E-state index is 0.000574. The zero-order valence-corrected chi connectivity index (χ0v) is 10.1. The van der Waals surface area contributed by atoms with Crippen LogP contribution in [0.4, 0.5) is 0 Å². The Morgan fingerprint density at radius 3 is 2.86 bits per heavy atom. The normalized spacial score (nSPS) is 9.93. The molecule has 1 aromatic carbocycles. The molecule has 0 spiro atoms. The fourth-order valence-electron chi connectivity index (χ4n) is 1.07. The van der Waals surface area contributed by atoms with Gasteiger partial charge in [-0.3, -0.25) is 4.79 Å². The van der Waals surface area contributed by atoms with Crippen LogP contribution in [-0.2, 0) is 11.2 Å². The third-order valence-electron chi connectivity index (χ3n) is 1.79. The summed E-state index contributed by atoms with van der Waals surface area (Å²) in [6.07, 6.45) is 0.335. The Kier molecular flexibility index (Phi) is 4.42. The molecular weight excluding hydrogens is 267 g/mol. The molecule has 4 heteroatoms. The van der Waals surface area contributed by atoms with E-state index in [-0.39, 0.29) is 11.7 Å². The molecule has 0 bridgehead atoms. The number of hydrogen-bond acceptors (Lipinski definition) is 2. The van der Waals surface area contributed by atoms with Crippen molar-refractivity contribution in [2.45, 2.75) is 6.42 Å². The molecule has 0 atom stereocenters. The van der Waals surface area contributed by atoms with E-state index in [1.807, 2.05) is 18.2 Å². The largest absolute Gasteiger partial charge is 0.497 e. The Morgan fingerprint density at radius 2 is 2.29 bits per heavy atom. The van der Waals surface area contributed by atoms with E-state index in [0.717, 1.165) is 15.8 Å². The zero-order chi connectivity index (χ0) is 10.6. The second-order valence-electron chi connectivity index (χ2n) is 2.81. The molecule has 0 aliphatic carbocycles. The van der Waals surface area contributed by atoms with Gasteiger partial charge in [-0.1, -0.05) is 15.9 Å². The highest BCUT2D eigenvalue weighted by Crippen LogP contribution is 2.23. The third-order valence-corrected chi connectivity index (χ3v) is 2.86. The Labute approximate surface area is 96.3 Å². The molecule has 76 valence electrons. The van der Waals surface area contributed by atoms with Crippen LogP contribution in [0.1, 0.15) is 5.56 Å². The van der Waals surface area contributed by atoms with Crippen LogP contribution in [0.5, 0.6) is 5.75 Å². The van der Waals surface area contributed by atoms with E-state index < -0.39 is 0 Å². The number of ether oxygens (including phenoxy) is 1. The number of hydrogen-bond donors (Lipinski definition) is 0. The molecular formula is C10H10BrClO2. The molecule has 0 fully saturated rings. The molecule has 0 aliphatic heterocycles. The number of benzene rings is 1. The standard InChI is InChI=1S/C10H10BrClO2/c1-14-9-2-3-10(11)7(5-9)4-8(13)6-12/h2-3,5H,4,6H2,1H3. The van der Waals surface area contributed by atoms with Gasteiger partial charge >= 0.3 is 0 Å². The molecule has 2 nitrogen and oxygen atoms in total. The molecule has 0 radical (unpaired) electrons. The number of ketones is 1. The molecule has 0 saturated carbocycles. The minimum Gasteiger partial charge on any atom is -0.497 e. The monoisotopic (exact) mass is 276 g/mol. The van der Waals surface area contributed by atoms with Crippen LogP contribution < -0.4 is 4.74 Å². The molecule has 14 heavy (non-hydrogen) atoms. The lowest BCUT2D eigenvalue weighted by atomic mass is 10.1.